The zero-order valence-corrected chi connectivity index (χ0v) is 18.5. The maximum atomic E-state index is 13.9. The topological polar surface area (TPSA) is 87.2 Å². The van der Waals surface area contributed by atoms with E-state index in [1.165, 1.54) is 9.80 Å². The van der Waals surface area contributed by atoms with Crippen molar-refractivity contribution >= 4 is 23.7 Å². The van der Waals surface area contributed by atoms with E-state index in [4.69, 9.17) is 4.74 Å². The van der Waals surface area contributed by atoms with Crippen LogP contribution in [0.15, 0.2) is 54.6 Å². The second kappa shape index (κ2) is 8.30. The van der Waals surface area contributed by atoms with E-state index in [1.807, 2.05) is 48.5 Å². The first kappa shape index (κ1) is 21.9. The van der Waals surface area contributed by atoms with E-state index in [9.17, 15) is 19.5 Å². The van der Waals surface area contributed by atoms with E-state index in [0.717, 1.165) is 11.1 Å². The van der Waals surface area contributed by atoms with Crippen molar-refractivity contribution in [2.45, 2.75) is 63.8 Å². The summed E-state index contributed by atoms with van der Waals surface area (Å²) in [6.45, 7) is 5.32. The summed E-state index contributed by atoms with van der Waals surface area (Å²) in [5.41, 5.74) is 1.65. The number of carbonyl (C=O) groups is 3. The molecule has 0 aliphatic carbocycles. The molecule has 2 heterocycles. The molecule has 1 unspecified atom stereocenters. The average molecular weight is 437 g/mol. The highest BCUT2D eigenvalue weighted by atomic mass is 16.6. The first-order chi connectivity index (χ1) is 15.2. The van der Waals surface area contributed by atoms with Crippen LogP contribution in [0, 0.1) is 0 Å². The molecule has 0 spiro atoms. The van der Waals surface area contributed by atoms with Gasteiger partial charge in [-0.2, -0.15) is 0 Å². The van der Waals surface area contributed by atoms with Gasteiger partial charge in [-0.1, -0.05) is 48.5 Å². The number of hydrogen-bond acceptors (Lipinski definition) is 4. The van der Waals surface area contributed by atoms with Crippen molar-refractivity contribution in [3.05, 3.63) is 65.7 Å². The molecule has 0 aromatic heterocycles. The minimum atomic E-state index is -1.03. The van der Waals surface area contributed by atoms with Gasteiger partial charge in [0.1, 0.15) is 17.7 Å². The number of carboxylic acids is 1. The number of ether oxygens (including phenoxy) is 1. The Morgan fingerprint density at radius 3 is 2.25 bits per heavy atom. The lowest BCUT2D eigenvalue weighted by Gasteiger charge is -2.34. The highest BCUT2D eigenvalue weighted by Gasteiger charge is 2.48. The zero-order valence-electron chi connectivity index (χ0n) is 18.5. The lowest BCUT2D eigenvalue weighted by Crippen LogP contribution is -2.53. The summed E-state index contributed by atoms with van der Waals surface area (Å²) in [5.74, 6) is -1.40. The second-order valence-corrected chi connectivity index (χ2v) is 9.30. The van der Waals surface area contributed by atoms with E-state index in [0.29, 0.717) is 24.9 Å². The van der Waals surface area contributed by atoms with Gasteiger partial charge in [-0.15, -0.1) is 0 Å². The minimum Gasteiger partial charge on any atom is -0.480 e. The van der Waals surface area contributed by atoms with E-state index in [-0.39, 0.29) is 11.9 Å². The fourth-order valence-electron chi connectivity index (χ4n) is 4.66. The SMILES string of the molecule is CC(C)(C)OC(=O)N1c2ccccc2CC1C(=O)N1[C@@H](C(=O)O)CC[C@H]1c1ccccc1. The number of para-hydroxylation sites is 1. The largest absolute Gasteiger partial charge is 0.480 e. The van der Waals surface area contributed by atoms with Gasteiger partial charge in [-0.25, -0.2) is 9.59 Å². The Hall–Kier alpha value is -3.35. The predicted molar refractivity (Wildman–Crippen MR) is 119 cm³/mol. The third-order valence-corrected chi connectivity index (χ3v) is 5.96. The number of hydrogen-bond donors (Lipinski definition) is 1. The molecular weight excluding hydrogens is 408 g/mol. The van der Waals surface area contributed by atoms with Gasteiger partial charge >= 0.3 is 12.1 Å². The van der Waals surface area contributed by atoms with Crippen LogP contribution < -0.4 is 4.90 Å². The number of carboxylic acid groups (broad SMARTS) is 1. The van der Waals surface area contributed by atoms with Crippen LogP contribution in [0.5, 0.6) is 0 Å². The third-order valence-electron chi connectivity index (χ3n) is 5.96. The summed E-state index contributed by atoms with van der Waals surface area (Å²) >= 11 is 0. The first-order valence-corrected chi connectivity index (χ1v) is 10.9. The molecule has 2 aliphatic heterocycles. The number of aliphatic carboxylic acids is 1. The summed E-state index contributed by atoms with van der Waals surface area (Å²) in [6.07, 6.45) is 0.632. The van der Waals surface area contributed by atoms with Crippen molar-refractivity contribution in [2.75, 3.05) is 4.90 Å². The van der Waals surface area contributed by atoms with Gasteiger partial charge in [0.2, 0.25) is 5.91 Å². The first-order valence-electron chi connectivity index (χ1n) is 10.9. The Balaban J connectivity index is 1.71. The minimum absolute atomic E-state index is 0.318. The van der Waals surface area contributed by atoms with Crippen molar-refractivity contribution in [1.82, 2.24) is 4.90 Å². The van der Waals surface area contributed by atoms with Crippen molar-refractivity contribution in [3.8, 4) is 0 Å². The molecule has 1 fully saturated rings. The molecule has 3 atom stereocenters. The van der Waals surface area contributed by atoms with Gasteiger partial charge in [0.15, 0.2) is 0 Å². The number of carbonyl (C=O) groups excluding carboxylic acids is 2. The Labute approximate surface area is 187 Å². The number of rotatable bonds is 3. The van der Waals surface area contributed by atoms with Crippen LogP contribution in [0.4, 0.5) is 10.5 Å². The molecule has 0 saturated carbocycles. The molecule has 1 saturated heterocycles. The molecule has 2 aliphatic rings. The van der Waals surface area contributed by atoms with Gasteiger partial charge in [0, 0.05) is 6.42 Å². The second-order valence-electron chi connectivity index (χ2n) is 9.30. The fourth-order valence-corrected chi connectivity index (χ4v) is 4.66. The number of likely N-dealkylation sites (tertiary alicyclic amines) is 1. The molecule has 7 heteroatoms. The van der Waals surface area contributed by atoms with Gasteiger partial charge in [0.05, 0.1) is 11.7 Å². The Kier molecular flexibility index (Phi) is 5.67. The highest BCUT2D eigenvalue weighted by molar-refractivity contribution is 6.01. The standard InChI is InChI=1S/C25H28N2O5/c1-25(2,3)32-24(31)27-18-12-8-7-11-17(18)15-21(27)22(28)26-19(13-14-20(26)23(29)30)16-9-5-4-6-10-16/h4-12,19-21H,13-15H2,1-3H3,(H,29,30)/t19-,20+,21?/m0/s1. The normalized spacial score (nSPS) is 22.5. The van der Waals surface area contributed by atoms with Gasteiger partial charge in [0.25, 0.3) is 0 Å². The quantitative estimate of drug-likeness (QED) is 0.780. The average Bonchev–Trinajstić information content (AvgIpc) is 3.35. The van der Waals surface area contributed by atoms with E-state index in [2.05, 4.69) is 0 Å². The molecule has 4 rings (SSSR count). The molecule has 2 aromatic carbocycles. The Morgan fingerprint density at radius 1 is 0.938 bits per heavy atom. The van der Waals surface area contributed by atoms with Gasteiger partial charge in [-0.3, -0.25) is 9.69 Å². The lowest BCUT2D eigenvalue weighted by atomic mass is 10.0. The van der Waals surface area contributed by atoms with E-state index < -0.39 is 29.7 Å². The summed E-state index contributed by atoms with van der Waals surface area (Å²) in [7, 11) is 0. The number of nitrogens with zero attached hydrogens (tertiary/aromatic N) is 2. The number of amides is 2. The van der Waals surface area contributed by atoms with Crippen molar-refractivity contribution in [3.63, 3.8) is 0 Å². The molecular formula is C25H28N2O5. The third kappa shape index (κ3) is 4.07. The smallest absolute Gasteiger partial charge is 0.415 e. The number of benzene rings is 2. The van der Waals surface area contributed by atoms with Crippen LogP contribution in [0.1, 0.15) is 50.8 Å². The van der Waals surface area contributed by atoms with E-state index >= 15 is 0 Å². The Bertz CT molecular complexity index is 1030. The van der Waals surface area contributed by atoms with E-state index in [1.54, 1.807) is 26.8 Å². The van der Waals surface area contributed by atoms with Crippen LogP contribution in [0.25, 0.3) is 0 Å². The Morgan fingerprint density at radius 2 is 1.59 bits per heavy atom. The zero-order chi connectivity index (χ0) is 23.0. The van der Waals surface area contributed by atoms with Crippen LogP contribution in [0.2, 0.25) is 0 Å². The molecule has 2 aromatic rings. The van der Waals surface area contributed by atoms with Gasteiger partial charge < -0.3 is 14.7 Å². The molecule has 0 radical (unpaired) electrons. The number of anilines is 1. The van der Waals surface area contributed by atoms with Gasteiger partial charge in [-0.05, 0) is 50.8 Å². The monoisotopic (exact) mass is 436 g/mol. The predicted octanol–water partition coefficient (Wildman–Crippen LogP) is 4.17. The van der Waals surface area contributed by atoms with Crippen LogP contribution >= 0.6 is 0 Å². The fraction of sp³-hybridized carbons (Fsp3) is 0.400. The van der Waals surface area contributed by atoms with Crippen molar-refractivity contribution in [1.29, 1.82) is 0 Å². The summed E-state index contributed by atoms with van der Waals surface area (Å²) in [5, 5.41) is 9.84. The van der Waals surface area contributed by atoms with Crippen LogP contribution in [-0.4, -0.2) is 45.7 Å². The molecule has 168 valence electrons. The molecule has 1 N–H and O–H groups in total. The molecule has 7 nitrogen and oxygen atoms in total. The molecule has 0 bridgehead atoms. The van der Waals surface area contributed by atoms with Crippen molar-refractivity contribution in [2.24, 2.45) is 0 Å². The van der Waals surface area contributed by atoms with Crippen LogP contribution in [-0.2, 0) is 20.7 Å². The maximum Gasteiger partial charge on any atom is 0.415 e. The lowest BCUT2D eigenvalue weighted by molar-refractivity contribution is -0.150. The highest BCUT2D eigenvalue weighted by Crippen LogP contribution is 2.40. The summed E-state index contributed by atoms with van der Waals surface area (Å²) in [4.78, 5) is 41.9. The summed E-state index contributed by atoms with van der Waals surface area (Å²) in [6, 6.07) is 14.7. The number of fused-ring (bicyclic) bond motifs is 1. The molecule has 32 heavy (non-hydrogen) atoms. The van der Waals surface area contributed by atoms with Crippen LogP contribution in [0.3, 0.4) is 0 Å². The molecule has 2 amide bonds. The summed E-state index contributed by atoms with van der Waals surface area (Å²) < 4.78 is 5.61. The maximum absolute atomic E-state index is 13.9. The van der Waals surface area contributed by atoms with Crippen molar-refractivity contribution < 1.29 is 24.2 Å².